The SMILES string of the molecule is CCOC(=O)C(CCCCCCO)(C(=O)O)C(C)C. The van der Waals surface area contributed by atoms with E-state index < -0.39 is 17.4 Å². The molecule has 112 valence electrons. The minimum atomic E-state index is -1.45. The Balaban J connectivity index is 4.74. The van der Waals surface area contributed by atoms with Crippen LogP contribution in [0.15, 0.2) is 0 Å². The number of carboxylic acid groups (broad SMARTS) is 1. The summed E-state index contributed by atoms with van der Waals surface area (Å²) in [5, 5.41) is 18.1. The van der Waals surface area contributed by atoms with Gasteiger partial charge in [-0.2, -0.15) is 0 Å². The molecule has 0 saturated heterocycles. The van der Waals surface area contributed by atoms with Gasteiger partial charge < -0.3 is 14.9 Å². The maximum absolute atomic E-state index is 12.0. The zero-order valence-electron chi connectivity index (χ0n) is 12.1. The van der Waals surface area contributed by atoms with Crippen molar-refractivity contribution in [2.24, 2.45) is 11.3 Å². The first-order valence-corrected chi connectivity index (χ1v) is 6.94. The molecular formula is C14H26O5. The molecular weight excluding hydrogens is 248 g/mol. The van der Waals surface area contributed by atoms with E-state index in [1.807, 2.05) is 0 Å². The monoisotopic (exact) mass is 274 g/mol. The molecule has 0 radical (unpaired) electrons. The summed E-state index contributed by atoms with van der Waals surface area (Å²) in [7, 11) is 0. The van der Waals surface area contributed by atoms with Crippen LogP contribution in [0.2, 0.25) is 0 Å². The van der Waals surface area contributed by atoms with E-state index in [-0.39, 0.29) is 25.6 Å². The van der Waals surface area contributed by atoms with E-state index in [0.29, 0.717) is 12.8 Å². The molecule has 19 heavy (non-hydrogen) atoms. The molecule has 0 heterocycles. The molecule has 1 atom stereocenters. The van der Waals surface area contributed by atoms with Gasteiger partial charge in [-0.15, -0.1) is 0 Å². The number of rotatable bonds is 10. The molecule has 1 unspecified atom stereocenters. The van der Waals surface area contributed by atoms with Crippen LogP contribution in [0.25, 0.3) is 0 Å². The highest BCUT2D eigenvalue weighted by molar-refractivity contribution is 5.99. The number of esters is 1. The van der Waals surface area contributed by atoms with Crippen molar-refractivity contribution >= 4 is 11.9 Å². The summed E-state index contributed by atoms with van der Waals surface area (Å²) in [6, 6.07) is 0. The number of ether oxygens (including phenoxy) is 1. The Morgan fingerprint density at radius 1 is 1.16 bits per heavy atom. The smallest absolute Gasteiger partial charge is 0.323 e. The molecule has 0 rings (SSSR count). The third kappa shape index (κ3) is 4.82. The van der Waals surface area contributed by atoms with Gasteiger partial charge in [0.2, 0.25) is 0 Å². The predicted octanol–water partition coefficient (Wildman–Crippen LogP) is 2.22. The fourth-order valence-electron chi connectivity index (χ4n) is 2.20. The van der Waals surface area contributed by atoms with Crippen molar-refractivity contribution in [2.45, 2.75) is 52.9 Å². The molecule has 0 spiro atoms. The Labute approximate surface area is 115 Å². The zero-order chi connectivity index (χ0) is 14.9. The van der Waals surface area contributed by atoms with Crippen LogP contribution in [0.1, 0.15) is 52.9 Å². The number of aliphatic hydroxyl groups excluding tert-OH is 1. The number of aliphatic carboxylic acids is 1. The van der Waals surface area contributed by atoms with E-state index in [1.165, 1.54) is 0 Å². The topological polar surface area (TPSA) is 83.8 Å². The van der Waals surface area contributed by atoms with Crippen LogP contribution in [0.5, 0.6) is 0 Å². The van der Waals surface area contributed by atoms with Crippen LogP contribution in [0.4, 0.5) is 0 Å². The van der Waals surface area contributed by atoms with Crippen LogP contribution in [-0.4, -0.2) is 35.4 Å². The molecule has 0 bridgehead atoms. The highest BCUT2D eigenvalue weighted by atomic mass is 16.5. The number of carbonyl (C=O) groups excluding carboxylic acids is 1. The first kappa shape index (κ1) is 17.9. The Bertz CT molecular complexity index is 288. The maximum atomic E-state index is 12.0. The summed E-state index contributed by atoms with van der Waals surface area (Å²) >= 11 is 0. The number of carboxylic acids is 1. The molecule has 0 saturated carbocycles. The van der Waals surface area contributed by atoms with E-state index in [4.69, 9.17) is 9.84 Å². The molecule has 0 aliphatic carbocycles. The predicted molar refractivity (Wildman–Crippen MR) is 71.7 cm³/mol. The number of aliphatic hydroxyl groups is 1. The summed E-state index contributed by atoms with van der Waals surface area (Å²) in [6.07, 6.45) is 3.28. The van der Waals surface area contributed by atoms with Crippen molar-refractivity contribution in [3.63, 3.8) is 0 Å². The molecule has 0 aliphatic heterocycles. The second-order valence-corrected chi connectivity index (χ2v) is 5.04. The lowest BCUT2D eigenvalue weighted by Crippen LogP contribution is -2.45. The first-order valence-electron chi connectivity index (χ1n) is 6.94. The van der Waals surface area contributed by atoms with Gasteiger partial charge in [0.15, 0.2) is 5.41 Å². The molecule has 0 aromatic heterocycles. The van der Waals surface area contributed by atoms with Gasteiger partial charge in [-0.05, 0) is 25.7 Å². The molecule has 0 aliphatic rings. The van der Waals surface area contributed by atoms with Crippen molar-refractivity contribution in [2.75, 3.05) is 13.2 Å². The summed E-state index contributed by atoms with van der Waals surface area (Å²) < 4.78 is 4.95. The molecule has 5 nitrogen and oxygen atoms in total. The van der Waals surface area contributed by atoms with Crippen molar-refractivity contribution in [3.05, 3.63) is 0 Å². The third-order valence-corrected chi connectivity index (χ3v) is 3.49. The van der Waals surface area contributed by atoms with Gasteiger partial charge in [-0.1, -0.05) is 33.1 Å². The van der Waals surface area contributed by atoms with E-state index in [2.05, 4.69) is 0 Å². The second kappa shape index (κ2) is 8.91. The van der Waals surface area contributed by atoms with E-state index in [0.717, 1.165) is 12.8 Å². The quantitative estimate of drug-likeness (QED) is 0.362. The van der Waals surface area contributed by atoms with E-state index in [9.17, 15) is 14.7 Å². The Kier molecular flexibility index (Phi) is 8.39. The Morgan fingerprint density at radius 2 is 1.74 bits per heavy atom. The largest absolute Gasteiger partial charge is 0.480 e. The average molecular weight is 274 g/mol. The molecule has 0 fully saturated rings. The summed E-state index contributed by atoms with van der Waals surface area (Å²) in [6.45, 7) is 5.47. The minimum Gasteiger partial charge on any atom is -0.480 e. The fourth-order valence-corrected chi connectivity index (χ4v) is 2.20. The number of hydrogen-bond donors (Lipinski definition) is 2. The van der Waals surface area contributed by atoms with Gasteiger partial charge in [-0.25, -0.2) is 0 Å². The van der Waals surface area contributed by atoms with Crippen molar-refractivity contribution in [3.8, 4) is 0 Å². The van der Waals surface area contributed by atoms with E-state index in [1.54, 1.807) is 20.8 Å². The third-order valence-electron chi connectivity index (χ3n) is 3.49. The lowest BCUT2D eigenvalue weighted by molar-refractivity contribution is -0.173. The lowest BCUT2D eigenvalue weighted by Gasteiger charge is -2.30. The highest BCUT2D eigenvalue weighted by Crippen LogP contribution is 2.35. The average Bonchev–Trinajstić information content (AvgIpc) is 2.33. The zero-order valence-corrected chi connectivity index (χ0v) is 12.1. The Hall–Kier alpha value is -1.10. The van der Waals surface area contributed by atoms with E-state index >= 15 is 0 Å². The van der Waals surface area contributed by atoms with Gasteiger partial charge in [0.05, 0.1) is 6.61 Å². The number of carbonyl (C=O) groups is 2. The molecule has 5 heteroatoms. The van der Waals surface area contributed by atoms with Gasteiger partial charge in [-0.3, -0.25) is 9.59 Å². The number of hydrogen-bond acceptors (Lipinski definition) is 4. The van der Waals surface area contributed by atoms with Crippen molar-refractivity contribution < 1.29 is 24.5 Å². The minimum absolute atomic E-state index is 0.145. The standard InChI is InChI=1S/C14H26O5/c1-4-19-13(18)14(11(2)3,12(16)17)9-7-5-6-8-10-15/h11,15H,4-10H2,1-3H3,(H,16,17). The molecule has 0 aromatic rings. The number of unbranched alkanes of at least 4 members (excludes halogenated alkanes) is 3. The van der Waals surface area contributed by atoms with Crippen molar-refractivity contribution in [1.82, 2.24) is 0 Å². The van der Waals surface area contributed by atoms with Gasteiger partial charge in [0.1, 0.15) is 0 Å². The fraction of sp³-hybridized carbons (Fsp3) is 0.857. The van der Waals surface area contributed by atoms with Crippen LogP contribution in [0, 0.1) is 11.3 Å². The van der Waals surface area contributed by atoms with Crippen LogP contribution >= 0.6 is 0 Å². The Morgan fingerprint density at radius 3 is 2.16 bits per heavy atom. The highest BCUT2D eigenvalue weighted by Gasteiger charge is 2.49. The van der Waals surface area contributed by atoms with Gasteiger partial charge in [0.25, 0.3) is 0 Å². The normalized spacial score (nSPS) is 14.2. The lowest BCUT2D eigenvalue weighted by atomic mass is 9.73. The van der Waals surface area contributed by atoms with Crippen molar-refractivity contribution in [1.29, 1.82) is 0 Å². The van der Waals surface area contributed by atoms with Gasteiger partial charge in [0, 0.05) is 6.61 Å². The summed E-state index contributed by atoms with van der Waals surface area (Å²) in [4.78, 5) is 23.6. The van der Waals surface area contributed by atoms with Crippen LogP contribution < -0.4 is 0 Å². The summed E-state index contributed by atoms with van der Waals surface area (Å²) in [5.74, 6) is -2.07. The maximum Gasteiger partial charge on any atom is 0.323 e. The molecule has 0 amide bonds. The summed E-state index contributed by atoms with van der Waals surface area (Å²) in [5.41, 5.74) is -1.45. The molecule has 0 aromatic carbocycles. The first-order chi connectivity index (χ1) is 8.93. The second-order valence-electron chi connectivity index (χ2n) is 5.04. The molecule has 2 N–H and O–H groups in total. The van der Waals surface area contributed by atoms with Crippen LogP contribution in [0.3, 0.4) is 0 Å². The van der Waals surface area contributed by atoms with Crippen LogP contribution in [-0.2, 0) is 14.3 Å². The van der Waals surface area contributed by atoms with Gasteiger partial charge >= 0.3 is 11.9 Å².